The predicted octanol–water partition coefficient (Wildman–Crippen LogP) is 2.58. The monoisotopic (exact) mass is 338 g/mol. The average molecular weight is 338 g/mol. The Balaban J connectivity index is 1.96. The maximum absolute atomic E-state index is 10.9. The van der Waals surface area contributed by atoms with Gasteiger partial charge >= 0.3 is 0 Å². The van der Waals surface area contributed by atoms with Gasteiger partial charge in [-0.3, -0.25) is 4.79 Å². The number of aromatic nitrogens is 4. The first-order valence-electron chi connectivity index (χ1n) is 7.61. The highest BCUT2D eigenvalue weighted by Gasteiger charge is 2.10. The maximum atomic E-state index is 10.9. The third-order valence-electron chi connectivity index (χ3n) is 3.53. The minimum Gasteiger partial charge on any atom is -0.494 e. The van der Waals surface area contributed by atoms with Crippen molar-refractivity contribution in [1.82, 2.24) is 19.7 Å². The molecule has 2 N–H and O–H groups in total. The number of aryl methyl sites for hydroxylation is 1. The summed E-state index contributed by atoms with van der Waals surface area (Å²) < 4.78 is 6.97. The molecule has 0 fully saturated rings. The van der Waals surface area contributed by atoms with Crippen LogP contribution in [0.4, 0.5) is 17.5 Å². The van der Waals surface area contributed by atoms with Gasteiger partial charge in [-0.05, 0) is 25.1 Å². The SMILES string of the molecule is CNc1cc(C)nc(Nc2ccc(OC)c(-n3cc(C=O)cn3)c2)n1. The molecule has 3 rings (SSSR count). The van der Waals surface area contributed by atoms with E-state index in [2.05, 4.69) is 25.7 Å². The van der Waals surface area contributed by atoms with Crippen molar-refractivity contribution in [2.75, 3.05) is 24.8 Å². The summed E-state index contributed by atoms with van der Waals surface area (Å²) in [4.78, 5) is 19.6. The number of ether oxygens (including phenoxy) is 1. The molecule has 0 radical (unpaired) electrons. The Morgan fingerprint density at radius 2 is 2.08 bits per heavy atom. The van der Waals surface area contributed by atoms with E-state index in [1.165, 1.54) is 6.20 Å². The summed E-state index contributed by atoms with van der Waals surface area (Å²) in [5.41, 5.74) is 2.80. The van der Waals surface area contributed by atoms with Gasteiger partial charge in [0, 0.05) is 30.7 Å². The number of nitrogens with one attached hydrogen (secondary N) is 2. The molecule has 128 valence electrons. The lowest BCUT2D eigenvalue weighted by atomic mass is 10.2. The lowest BCUT2D eigenvalue weighted by Crippen LogP contribution is -2.04. The first kappa shape index (κ1) is 16.4. The molecule has 8 nitrogen and oxygen atoms in total. The van der Waals surface area contributed by atoms with Gasteiger partial charge in [0.15, 0.2) is 6.29 Å². The molecular formula is C17H18N6O2. The molecule has 0 amide bonds. The van der Waals surface area contributed by atoms with E-state index in [9.17, 15) is 4.79 Å². The Labute approximate surface area is 144 Å². The number of carbonyl (C=O) groups excluding carboxylic acids is 1. The summed E-state index contributed by atoms with van der Waals surface area (Å²) in [5.74, 6) is 1.84. The number of aldehydes is 1. The normalized spacial score (nSPS) is 10.4. The Bertz CT molecular complexity index is 906. The average Bonchev–Trinajstić information content (AvgIpc) is 3.10. The number of carbonyl (C=O) groups is 1. The van der Waals surface area contributed by atoms with E-state index >= 15 is 0 Å². The third kappa shape index (κ3) is 3.57. The van der Waals surface area contributed by atoms with Gasteiger partial charge in [0.05, 0.1) is 18.9 Å². The van der Waals surface area contributed by atoms with Crippen molar-refractivity contribution in [2.24, 2.45) is 0 Å². The van der Waals surface area contributed by atoms with E-state index in [4.69, 9.17) is 4.74 Å². The zero-order valence-electron chi connectivity index (χ0n) is 14.1. The number of anilines is 3. The second-order valence-corrected chi connectivity index (χ2v) is 5.32. The van der Waals surface area contributed by atoms with Crippen LogP contribution in [0.15, 0.2) is 36.7 Å². The molecule has 1 aromatic carbocycles. The van der Waals surface area contributed by atoms with Crippen molar-refractivity contribution >= 4 is 23.7 Å². The van der Waals surface area contributed by atoms with Crippen LogP contribution in [-0.2, 0) is 0 Å². The van der Waals surface area contributed by atoms with Crippen LogP contribution in [0.3, 0.4) is 0 Å². The van der Waals surface area contributed by atoms with Crippen LogP contribution >= 0.6 is 0 Å². The Kier molecular flexibility index (Phi) is 4.60. The topological polar surface area (TPSA) is 94.0 Å². The van der Waals surface area contributed by atoms with Crippen LogP contribution in [0.1, 0.15) is 16.1 Å². The highest BCUT2D eigenvalue weighted by atomic mass is 16.5. The molecule has 0 saturated carbocycles. The molecule has 0 unspecified atom stereocenters. The fourth-order valence-corrected chi connectivity index (χ4v) is 2.36. The Morgan fingerprint density at radius 1 is 1.24 bits per heavy atom. The van der Waals surface area contributed by atoms with E-state index in [0.29, 0.717) is 22.9 Å². The van der Waals surface area contributed by atoms with Crippen molar-refractivity contribution < 1.29 is 9.53 Å². The van der Waals surface area contributed by atoms with Gasteiger partial charge in [0.2, 0.25) is 5.95 Å². The van der Waals surface area contributed by atoms with Crippen molar-refractivity contribution in [3.8, 4) is 11.4 Å². The van der Waals surface area contributed by atoms with E-state index in [0.717, 1.165) is 23.5 Å². The largest absolute Gasteiger partial charge is 0.494 e. The van der Waals surface area contributed by atoms with Crippen molar-refractivity contribution in [2.45, 2.75) is 6.92 Å². The van der Waals surface area contributed by atoms with Gasteiger partial charge in [0.1, 0.15) is 17.3 Å². The molecule has 0 spiro atoms. The summed E-state index contributed by atoms with van der Waals surface area (Å²) in [6.45, 7) is 1.90. The van der Waals surface area contributed by atoms with E-state index in [-0.39, 0.29) is 0 Å². The zero-order chi connectivity index (χ0) is 17.8. The van der Waals surface area contributed by atoms with Crippen LogP contribution in [0.5, 0.6) is 5.75 Å². The Morgan fingerprint density at radius 3 is 2.76 bits per heavy atom. The summed E-state index contributed by atoms with van der Waals surface area (Å²) >= 11 is 0. The number of hydrogen-bond donors (Lipinski definition) is 2. The summed E-state index contributed by atoms with van der Waals surface area (Å²) in [6, 6.07) is 7.38. The summed E-state index contributed by atoms with van der Waals surface area (Å²) in [5, 5.41) is 10.4. The zero-order valence-corrected chi connectivity index (χ0v) is 14.1. The fourth-order valence-electron chi connectivity index (χ4n) is 2.36. The van der Waals surface area contributed by atoms with Gasteiger partial charge in [-0.15, -0.1) is 0 Å². The highest BCUT2D eigenvalue weighted by Crippen LogP contribution is 2.27. The molecule has 0 aliphatic rings. The van der Waals surface area contributed by atoms with Crippen LogP contribution in [0, 0.1) is 6.92 Å². The lowest BCUT2D eigenvalue weighted by Gasteiger charge is -2.12. The van der Waals surface area contributed by atoms with Crippen LogP contribution in [0.25, 0.3) is 5.69 Å². The molecule has 3 aromatic rings. The molecule has 2 aromatic heterocycles. The first-order valence-corrected chi connectivity index (χ1v) is 7.61. The second-order valence-electron chi connectivity index (χ2n) is 5.32. The second kappa shape index (κ2) is 7.00. The van der Waals surface area contributed by atoms with Crippen LogP contribution < -0.4 is 15.4 Å². The van der Waals surface area contributed by atoms with E-state index in [1.807, 2.05) is 31.2 Å². The smallest absolute Gasteiger partial charge is 0.229 e. The molecule has 0 aliphatic carbocycles. The van der Waals surface area contributed by atoms with Gasteiger partial charge in [0.25, 0.3) is 0 Å². The minimum atomic E-state index is 0.481. The van der Waals surface area contributed by atoms with Gasteiger partial charge < -0.3 is 15.4 Å². The third-order valence-corrected chi connectivity index (χ3v) is 3.53. The number of nitrogens with zero attached hydrogens (tertiary/aromatic N) is 4. The maximum Gasteiger partial charge on any atom is 0.229 e. The molecule has 0 atom stereocenters. The molecule has 2 heterocycles. The fraction of sp³-hybridized carbons (Fsp3) is 0.176. The molecule has 0 saturated heterocycles. The van der Waals surface area contributed by atoms with Gasteiger partial charge in [-0.25, -0.2) is 9.67 Å². The standard InChI is InChI=1S/C17H18N6O2/c1-11-6-16(18-2)22-17(20-11)21-13-4-5-15(25-3)14(7-13)23-9-12(10-24)8-19-23/h4-10H,1-3H3,(H2,18,20,21,22). The van der Waals surface area contributed by atoms with E-state index in [1.54, 1.807) is 25.0 Å². The van der Waals surface area contributed by atoms with Gasteiger partial charge in [-0.2, -0.15) is 10.1 Å². The molecule has 0 bridgehead atoms. The number of methoxy groups -OCH3 is 1. The number of benzene rings is 1. The predicted molar refractivity (Wildman–Crippen MR) is 95.1 cm³/mol. The number of rotatable bonds is 6. The lowest BCUT2D eigenvalue weighted by molar-refractivity contribution is 0.112. The molecule has 8 heteroatoms. The van der Waals surface area contributed by atoms with Crippen molar-refractivity contribution in [3.05, 3.63) is 47.9 Å². The molecular weight excluding hydrogens is 320 g/mol. The molecule has 0 aliphatic heterocycles. The molecule has 25 heavy (non-hydrogen) atoms. The van der Waals surface area contributed by atoms with Crippen LogP contribution in [0.2, 0.25) is 0 Å². The summed E-state index contributed by atoms with van der Waals surface area (Å²) in [6.07, 6.45) is 3.88. The van der Waals surface area contributed by atoms with Crippen molar-refractivity contribution in [1.29, 1.82) is 0 Å². The minimum absolute atomic E-state index is 0.481. The Hall–Kier alpha value is -3.42. The van der Waals surface area contributed by atoms with Crippen molar-refractivity contribution in [3.63, 3.8) is 0 Å². The summed E-state index contributed by atoms with van der Waals surface area (Å²) in [7, 11) is 3.39. The number of hydrogen-bond acceptors (Lipinski definition) is 7. The highest BCUT2D eigenvalue weighted by molar-refractivity contribution is 5.74. The quantitative estimate of drug-likeness (QED) is 0.667. The first-order chi connectivity index (χ1) is 12.1. The van der Waals surface area contributed by atoms with Gasteiger partial charge in [-0.1, -0.05) is 0 Å². The van der Waals surface area contributed by atoms with Crippen LogP contribution in [-0.4, -0.2) is 40.2 Å². The van der Waals surface area contributed by atoms with E-state index < -0.39 is 0 Å².